The number of aryl methyl sites for hydroxylation is 2. The third-order valence-electron chi connectivity index (χ3n) is 7.47. The predicted octanol–water partition coefficient (Wildman–Crippen LogP) is 9.41. The molecular formula is C40H42F3N5O4S. The molecule has 13 heteroatoms. The highest BCUT2D eigenvalue weighted by Crippen LogP contribution is 2.32. The summed E-state index contributed by atoms with van der Waals surface area (Å²) in [7, 11) is 0. The second kappa shape index (κ2) is 15.5. The quantitative estimate of drug-likeness (QED) is 0.129. The van der Waals surface area contributed by atoms with Gasteiger partial charge in [0.15, 0.2) is 0 Å². The molecule has 4 aromatic heterocycles. The monoisotopic (exact) mass is 745 g/mol. The number of hydrogen-bond acceptors (Lipinski definition) is 10. The van der Waals surface area contributed by atoms with E-state index in [1.807, 2.05) is 49.4 Å². The fourth-order valence-electron chi connectivity index (χ4n) is 5.33. The fourth-order valence-corrected chi connectivity index (χ4v) is 6.22. The van der Waals surface area contributed by atoms with Crippen molar-refractivity contribution in [3.05, 3.63) is 118 Å². The number of halogens is 3. The van der Waals surface area contributed by atoms with E-state index in [2.05, 4.69) is 15.0 Å². The lowest BCUT2D eigenvalue weighted by Gasteiger charge is -2.24. The number of nitrogens with zero attached hydrogens (tertiary/aromatic N) is 5. The molecule has 0 saturated carbocycles. The summed E-state index contributed by atoms with van der Waals surface area (Å²) in [4.78, 5) is 46.8. The van der Waals surface area contributed by atoms with Gasteiger partial charge in [-0.1, -0.05) is 35.9 Å². The summed E-state index contributed by atoms with van der Waals surface area (Å²) < 4.78 is 53.3. The first kappa shape index (κ1) is 39.2. The van der Waals surface area contributed by atoms with Crippen LogP contribution in [0.5, 0.6) is 0 Å². The lowest BCUT2D eigenvalue weighted by molar-refractivity contribution is -0.141. The number of ether oxygens (including phenoxy) is 2. The van der Waals surface area contributed by atoms with Gasteiger partial charge in [0.2, 0.25) is 0 Å². The number of pyridine rings is 3. The van der Waals surface area contributed by atoms with E-state index in [1.165, 1.54) is 17.4 Å². The molecule has 0 aliphatic rings. The predicted molar refractivity (Wildman–Crippen MR) is 197 cm³/mol. The molecule has 0 bridgehead atoms. The maximum Gasteiger partial charge on any atom is 0.433 e. The number of hydrogen-bond donors (Lipinski definition) is 0. The number of esters is 2. The summed E-state index contributed by atoms with van der Waals surface area (Å²) in [6, 6.07) is 18.9. The van der Waals surface area contributed by atoms with E-state index in [0.29, 0.717) is 39.4 Å². The standard InChI is InChI=1S/C40H42F3N5O4S/c1-24-12-14-26(15-13-24)33-20-44-35(53-33)32-11-9-10-29(46-32)21-48(22-30-17-27(16-25(2)45-30)36(49)51-38(3,4)5)23-31-18-28(37(50)52-39(6,7)8)19-34(47-31)40(41,42)43/h9-20H,21-23H2,1-8H3. The Bertz CT molecular complexity index is 2100. The summed E-state index contributed by atoms with van der Waals surface area (Å²) in [6.07, 6.45) is -3.02. The molecule has 5 rings (SSSR count). The minimum atomic E-state index is -4.82. The molecule has 53 heavy (non-hydrogen) atoms. The number of alkyl halides is 3. The third-order valence-corrected chi connectivity index (χ3v) is 8.54. The largest absolute Gasteiger partial charge is 0.456 e. The van der Waals surface area contributed by atoms with Crippen LogP contribution in [0.4, 0.5) is 13.2 Å². The molecule has 0 radical (unpaired) electrons. The van der Waals surface area contributed by atoms with Crippen molar-refractivity contribution < 1.29 is 32.2 Å². The molecule has 0 saturated heterocycles. The van der Waals surface area contributed by atoms with Crippen molar-refractivity contribution in [2.24, 2.45) is 0 Å². The van der Waals surface area contributed by atoms with Crippen LogP contribution in [0, 0.1) is 13.8 Å². The van der Waals surface area contributed by atoms with Crippen LogP contribution in [-0.4, -0.2) is 48.0 Å². The molecule has 0 N–H and O–H groups in total. The summed E-state index contributed by atoms with van der Waals surface area (Å²) in [5.41, 5.74) is 1.60. The van der Waals surface area contributed by atoms with Gasteiger partial charge in [0.25, 0.3) is 0 Å². The third kappa shape index (κ3) is 11.2. The van der Waals surface area contributed by atoms with Gasteiger partial charge in [-0.25, -0.2) is 24.5 Å². The number of thiazole rings is 1. The lowest BCUT2D eigenvalue weighted by Crippen LogP contribution is -2.27. The first-order valence-corrected chi connectivity index (χ1v) is 17.8. The van der Waals surface area contributed by atoms with Crippen LogP contribution < -0.4 is 0 Å². The molecular weight excluding hydrogens is 704 g/mol. The number of rotatable bonds is 10. The Labute approximate surface area is 311 Å². The molecule has 278 valence electrons. The van der Waals surface area contributed by atoms with Crippen molar-refractivity contribution in [2.75, 3.05) is 0 Å². The van der Waals surface area contributed by atoms with Crippen molar-refractivity contribution >= 4 is 23.3 Å². The Morgan fingerprint density at radius 3 is 1.87 bits per heavy atom. The van der Waals surface area contributed by atoms with E-state index in [-0.39, 0.29) is 30.9 Å². The van der Waals surface area contributed by atoms with Crippen LogP contribution in [0.1, 0.15) is 96.3 Å². The Balaban J connectivity index is 1.51. The second-order valence-corrected chi connectivity index (χ2v) is 15.8. The second-order valence-electron chi connectivity index (χ2n) is 14.8. The van der Waals surface area contributed by atoms with E-state index >= 15 is 0 Å². The molecule has 0 aliphatic heterocycles. The van der Waals surface area contributed by atoms with Crippen molar-refractivity contribution in [3.63, 3.8) is 0 Å². The molecule has 0 amide bonds. The molecule has 4 heterocycles. The minimum absolute atomic E-state index is 0.0143. The normalized spacial score (nSPS) is 12.2. The van der Waals surface area contributed by atoms with Gasteiger partial charge in [-0.05, 0) is 97.4 Å². The number of carbonyl (C=O) groups is 2. The van der Waals surface area contributed by atoms with Gasteiger partial charge in [0, 0.05) is 31.5 Å². The number of carbonyl (C=O) groups excluding carboxylic acids is 2. The summed E-state index contributed by atoms with van der Waals surface area (Å²) in [6.45, 7) is 14.1. The molecule has 0 atom stereocenters. The fraction of sp³-hybridized carbons (Fsp3) is 0.350. The van der Waals surface area contributed by atoms with Gasteiger partial charge in [-0.2, -0.15) is 13.2 Å². The van der Waals surface area contributed by atoms with Crippen LogP contribution in [0.2, 0.25) is 0 Å². The summed E-state index contributed by atoms with van der Waals surface area (Å²) in [5.74, 6) is -1.43. The van der Waals surface area contributed by atoms with E-state index in [1.54, 1.807) is 71.7 Å². The maximum absolute atomic E-state index is 14.1. The van der Waals surface area contributed by atoms with Gasteiger partial charge < -0.3 is 9.47 Å². The van der Waals surface area contributed by atoms with Gasteiger partial charge in [-0.15, -0.1) is 11.3 Å². The van der Waals surface area contributed by atoms with Crippen LogP contribution in [0.3, 0.4) is 0 Å². The zero-order valence-electron chi connectivity index (χ0n) is 31.0. The molecule has 5 aromatic rings. The highest BCUT2D eigenvalue weighted by Gasteiger charge is 2.34. The van der Waals surface area contributed by atoms with Crippen molar-refractivity contribution in [3.8, 4) is 21.1 Å². The number of aromatic nitrogens is 4. The van der Waals surface area contributed by atoms with Crippen molar-refractivity contribution in [2.45, 2.75) is 92.4 Å². The van der Waals surface area contributed by atoms with Crippen LogP contribution in [-0.2, 0) is 35.3 Å². The van der Waals surface area contributed by atoms with Crippen LogP contribution >= 0.6 is 11.3 Å². The average molecular weight is 746 g/mol. The molecule has 0 aliphatic carbocycles. The van der Waals surface area contributed by atoms with E-state index in [4.69, 9.17) is 14.5 Å². The first-order chi connectivity index (χ1) is 24.7. The summed E-state index contributed by atoms with van der Waals surface area (Å²) >= 11 is 1.50. The molecule has 0 fully saturated rings. The SMILES string of the molecule is Cc1ccc(-c2cnc(-c3cccc(CN(Cc4cc(C(=O)OC(C)(C)C)cc(C)n4)Cc4cc(C(=O)OC(C)(C)C)cc(C(F)(F)F)n4)n3)s2)cc1. The van der Waals surface area contributed by atoms with E-state index in [0.717, 1.165) is 16.0 Å². The van der Waals surface area contributed by atoms with E-state index < -0.39 is 35.0 Å². The highest BCUT2D eigenvalue weighted by atomic mass is 32.1. The Hall–Kier alpha value is -5.01. The smallest absolute Gasteiger partial charge is 0.433 e. The van der Waals surface area contributed by atoms with Gasteiger partial charge >= 0.3 is 18.1 Å². The maximum atomic E-state index is 14.1. The van der Waals surface area contributed by atoms with Gasteiger partial charge in [-0.3, -0.25) is 9.88 Å². The minimum Gasteiger partial charge on any atom is -0.456 e. The molecule has 0 spiro atoms. The van der Waals surface area contributed by atoms with Crippen LogP contribution in [0.15, 0.2) is 72.9 Å². The van der Waals surface area contributed by atoms with Crippen LogP contribution in [0.25, 0.3) is 21.1 Å². The van der Waals surface area contributed by atoms with E-state index in [9.17, 15) is 22.8 Å². The lowest BCUT2D eigenvalue weighted by atomic mass is 10.1. The zero-order valence-corrected chi connectivity index (χ0v) is 31.8. The summed E-state index contributed by atoms with van der Waals surface area (Å²) in [5, 5.41) is 0.706. The Morgan fingerprint density at radius 1 is 0.717 bits per heavy atom. The van der Waals surface area contributed by atoms with Gasteiger partial charge in [0.05, 0.1) is 38.8 Å². The average Bonchev–Trinajstić information content (AvgIpc) is 3.53. The highest BCUT2D eigenvalue weighted by molar-refractivity contribution is 7.18. The number of benzene rings is 1. The van der Waals surface area contributed by atoms with Crippen molar-refractivity contribution in [1.29, 1.82) is 0 Å². The topological polar surface area (TPSA) is 107 Å². The molecule has 0 unspecified atom stereocenters. The Morgan fingerprint density at radius 2 is 1.28 bits per heavy atom. The van der Waals surface area contributed by atoms with Crippen molar-refractivity contribution in [1.82, 2.24) is 24.8 Å². The zero-order chi connectivity index (χ0) is 38.7. The molecule has 9 nitrogen and oxygen atoms in total. The Kier molecular flexibility index (Phi) is 11.5. The molecule has 1 aromatic carbocycles. The first-order valence-electron chi connectivity index (χ1n) is 16.9. The van der Waals surface area contributed by atoms with Gasteiger partial charge in [0.1, 0.15) is 21.9 Å².